The molecular weight excluding hydrogens is 446 g/mol. The highest BCUT2D eigenvalue weighted by Gasteiger charge is 2.26. The summed E-state index contributed by atoms with van der Waals surface area (Å²) >= 11 is 0. The van der Waals surface area contributed by atoms with Gasteiger partial charge in [-0.3, -0.25) is 14.6 Å². The van der Waals surface area contributed by atoms with E-state index in [4.69, 9.17) is 14.2 Å². The highest BCUT2D eigenvalue weighted by Crippen LogP contribution is 2.28. The monoisotopic (exact) mass is 477 g/mol. The van der Waals surface area contributed by atoms with E-state index in [1.165, 1.54) is 0 Å². The molecule has 2 amide bonds. The highest BCUT2D eigenvalue weighted by molar-refractivity contribution is 5.88. The number of rotatable bonds is 11. The lowest BCUT2D eigenvalue weighted by atomic mass is 10.1. The van der Waals surface area contributed by atoms with Crippen LogP contribution >= 0.6 is 0 Å². The van der Waals surface area contributed by atoms with Crippen molar-refractivity contribution < 1.29 is 23.8 Å². The lowest BCUT2D eigenvalue weighted by Crippen LogP contribution is -2.48. The molecule has 3 aromatic rings. The van der Waals surface area contributed by atoms with E-state index in [1.807, 2.05) is 42.5 Å². The normalized spacial score (nSPS) is 11.3. The number of pyridine rings is 1. The Morgan fingerprint density at radius 1 is 0.857 bits per heavy atom. The molecule has 0 aliphatic rings. The summed E-state index contributed by atoms with van der Waals surface area (Å²) in [5.74, 6) is 1.43. The molecule has 35 heavy (non-hydrogen) atoms. The summed E-state index contributed by atoms with van der Waals surface area (Å²) in [7, 11) is 4.71. The maximum atomic E-state index is 13.5. The number of ether oxygens (including phenoxy) is 3. The number of methoxy groups -OCH3 is 3. The second-order valence-corrected chi connectivity index (χ2v) is 7.99. The van der Waals surface area contributed by atoms with E-state index in [2.05, 4.69) is 10.3 Å². The smallest absolute Gasteiger partial charge is 0.242 e. The van der Waals surface area contributed by atoms with Crippen molar-refractivity contribution in [1.82, 2.24) is 15.2 Å². The number of carbonyl (C=O) groups is 2. The number of carbonyl (C=O) groups excluding carboxylic acids is 2. The second kappa shape index (κ2) is 12.4. The minimum absolute atomic E-state index is 0.110. The fourth-order valence-corrected chi connectivity index (χ4v) is 3.61. The van der Waals surface area contributed by atoms with Gasteiger partial charge in [-0.15, -0.1) is 0 Å². The minimum atomic E-state index is -0.688. The van der Waals surface area contributed by atoms with Crippen LogP contribution in [0.25, 0.3) is 0 Å². The van der Waals surface area contributed by atoms with Crippen molar-refractivity contribution in [3.05, 3.63) is 83.7 Å². The lowest BCUT2D eigenvalue weighted by molar-refractivity contribution is -0.140. The first kappa shape index (κ1) is 25.6. The molecule has 0 saturated carbocycles. The number of hydrogen-bond acceptors (Lipinski definition) is 6. The van der Waals surface area contributed by atoms with Gasteiger partial charge in [0.25, 0.3) is 0 Å². The Bertz CT molecular complexity index is 1120. The molecule has 184 valence electrons. The molecule has 8 heteroatoms. The molecule has 2 aromatic carbocycles. The summed E-state index contributed by atoms with van der Waals surface area (Å²) in [5.41, 5.74) is 2.58. The number of amides is 2. The Kier molecular flexibility index (Phi) is 9.06. The van der Waals surface area contributed by atoms with Gasteiger partial charge in [0.1, 0.15) is 11.8 Å². The third-order valence-electron chi connectivity index (χ3n) is 5.70. The molecule has 1 heterocycles. The van der Waals surface area contributed by atoms with E-state index in [9.17, 15) is 9.59 Å². The largest absolute Gasteiger partial charge is 0.497 e. The summed E-state index contributed by atoms with van der Waals surface area (Å²) in [4.78, 5) is 32.0. The Morgan fingerprint density at radius 2 is 1.51 bits per heavy atom. The molecule has 0 radical (unpaired) electrons. The van der Waals surface area contributed by atoms with Gasteiger partial charge < -0.3 is 24.4 Å². The van der Waals surface area contributed by atoms with Crippen molar-refractivity contribution in [2.75, 3.05) is 21.3 Å². The van der Waals surface area contributed by atoms with Crippen LogP contribution in [0.3, 0.4) is 0 Å². The average molecular weight is 478 g/mol. The first-order valence-corrected chi connectivity index (χ1v) is 11.2. The van der Waals surface area contributed by atoms with E-state index >= 15 is 0 Å². The van der Waals surface area contributed by atoms with Gasteiger partial charge in [0.2, 0.25) is 11.8 Å². The van der Waals surface area contributed by atoms with Crippen molar-refractivity contribution in [3.8, 4) is 17.2 Å². The molecule has 0 aliphatic heterocycles. The van der Waals surface area contributed by atoms with Gasteiger partial charge in [-0.05, 0) is 60.0 Å². The van der Waals surface area contributed by atoms with E-state index in [-0.39, 0.29) is 24.8 Å². The molecule has 0 saturated heterocycles. The molecule has 1 N–H and O–H groups in total. The third kappa shape index (κ3) is 6.96. The zero-order valence-electron chi connectivity index (χ0n) is 20.5. The Balaban J connectivity index is 1.79. The van der Waals surface area contributed by atoms with Gasteiger partial charge in [0, 0.05) is 25.5 Å². The minimum Gasteiger partial charge on any atom is -0.497 e. The topological polar surface area (TPSA) is 90.0 Å². The van der Waals surface area contributed by atoms with E-state index < -0.39 is 6.04 Å². The Hall–Kier alpha value is -4.07. The van der Waals surface area contributed by atoms with E-state index in [1.54, 1.807) is 57.7 Å². The number of aromatic nitrogens is 1. The number of benzene rings is 2. The van der Waals surface area contributed by atoms with Crippen molar-refractivity contribution in [3.63, 3.8) is 0 Å². The second-order valence-electron chi connectivity index (χ2n) is 7.99. The van der Waals surface area contributed by atoms with Crippen molar-refractivity contribution in [2.45, 2.75) is 32.5 Å². The molecule has 1 unspecified atom stereocenters. The molecule has 1 atom stereocenters. The standard InChI is InChI=1S/C27H31N3O5/c1-19(27(32)29-17-20-11-13-28-14-12-20)30(18-21-5-8-23(33-2)9-6-21)26(31)16-22-7-10-24(34-3)25(15-22)35-4/h5-15,19H,16-18H2,1-4H3,(H,29,32). The predicted octanol–water partition coefficient (Wildman–Crippen LogP) is 3.38. The summed E-state index contributed by atoms with van der Waals surface area (Å²) in [5, 5.41) is 2.92. The van der Waals surface area contributed by atoms with Crippen LogP contribution < -0.4 is 19.5 Å². The molecule has 0 spiro atoms. The average Bonchev–Trinajstić information content (AvgIpc) is 2.90. The van der Waals surface area contributed by atoms with Crippen LogP contribution in [0, 0.1) is 0 Å². The van der Waals surface area contributed by atoms with E-state index in [0.29, 0.717) is 18.0 Å². The number of hydrogen-bond donors (Lipinski definition) is 1. The zero-order chi connectivity index (χ0) is 25.2. The quantitative estimate of drug-likeness (QED) is 0.455. The lowest BCUT2D eigenvalue weighted by Gasteiger charge is -2.29. The van der Waals surface area contributed by atoms with Crippen LogP contribution in [-0.4, -0.2) is 49.1 Å². The maximum absolute atomic E-state index is 13.5. The molecule has 8 nitrogen and oxygen atoms in total. The van der Waals surface area contributed by atoms with Gasteiger partial charge in [0.15, 0.2) is 11.5 Å². The Labute approximate surface area is 205 Å². The molecule has 1 aromatic heterocycles. The fourth-order valence-electron chi connectivity index (χ4n) is 3.61. The van der Waals surface area contributed by atoms with Gasteiger partial charge in [-0.1, -0.05) is 18.2 Å². The van der Waals surface area contributed by atoms with Crippen molar-refractivity contribution in [1.29, 1.82) is 0 Å². The summed E-state index contributed by atoms with van der Waals surface area (Å²) < 4.78 is 15.9. The van der Waals surface area contributed by atoms with Gasteiger partial charge in [0.05, 0.1) is 27.8 Å². The summed E-state index contributed by atoms with van der Waals surface area (Å²) in [6.45, 7) is 2.36. The zero-order valence-corrected chi connectivity index (χ0v) is 20.5. The Morgan fingerprint density at radius 3 is 2.14 bits per heavy atom. The van der Waals surface area contributed by atoms with Crippen molar-refractivity contribution >= 4 is 11.8 Å². The van der Waals surface area contributed by atoms with Crippen LogP contribution in [0.15, 0.2) is 67.0 Å². The number of nitrogens with one attached hydrogen (secondary N) is 1. The van der Waals surface area contributed by atoms with Gasteiger partial charge in [-0.25, -0.2) is 0 Å². The summed E-state index contributed by atoms with van der Waals surface area (Å²) in [6, 6.07) is 15.8. The molecule has 0 bridgehead atoms. The molecule has 3 rings (SSSR count). The van der Waals surface area contributed by atoms with Crippen LogP contribution in [0.2, 0.25) is 0 Å². The first-order valence-electron chi connectivity index (χ1n) is 11.2. The highest BCUT2D eigenvalue weighted by atomic mass is 16.5. The van der Waals surface area contributed by atoms with Gasteiger partial charge in [-0.2, -0.15) is 0 Å². The molecule has 0 fully saturated rings. The van der Waals surface area contributed by atoms with Gasteiger partial charge >= 0.3 is 0 Å². The van der Waals surface area contributed by atoms with Crippen molar-refractivity contribution in [2.24, 2.45) is 0 Å². The maximum Gasteiger partial charge on any atom is 0.242 e. The van der Waals surface area contributed by atoms with Crippen LogP contribution in [0.1, 0.15) is 23.6 Å². The fraction of sp³-hybridized carbons (Fsp3) is 0.296. The predicted molar refractivity (Wildman–Crippen MR) is 132 cm³/mol. The van der Waals surface area contributed by atoms with E-state index in [0.717, 1.165) is 22.4 Å². The molecular formula is C27H31N3O5. The number of nitrogens with zero attached hydrogens (tertiary/aromatic N) is 2. The van der Waals surface area contributed by atoms with Crippen LogP contribution in [0.4, 0.5) is 0 Å². The van der Waals surface area contributed by atoms with Crippen LogP contribution in [-0.2, 0) is 29.1 Å². The SMILES string of the molecule is COc1ccc(CN(C(=O)Cc2ccc(OC)c(OC)c2)C(C)C(=O)NCc2ccncc2)cc1. The summed E-state index contributed by atoms with van der Waals surface area (Å²) in [6.07, 6.45) is 3.46. The third-order valence-corrected chi connectivity index (χ3v) is 5.70. The van der Waals surface area contributed by atoms with Crippen LogP contribution in [0.5, 0.6) is 17.2 Å². The first-order chi connectivity index (χ1) is 16.9. The molecule has 0 aliphatic carbocycles.